The summed E-state index contributed by atoms with van der Waals surface area (Å²) < 4.78 is 6.74. The minimum atomic E-state index is 0.0606. The third kappa shape index (κ3) is 4.99. The van der Waals surface area contributed by atoms with Crippen molar-refractivity contribution >= 4 is 33.2 Å². The highest BCUT2D eigenvalue weighted by Crippen LogP contribution is 2.27. The normalized spacial score (nSPS) is 14.9. The van der Waals surface area contributed by atoms with Gasteiger partial charge in [0, 0.05) is 10.2 Å². The molecule has 1 saturated heterocycles. The van der Waals surface area contributed by atoms with Crippen LogP contribution in [-0.4, -0.2) is 45.2 Å². The van der Waals surface area contributed by atoms with Gasteiger partial charge in [-0.25, -0.2) is 0 Å². The van der Waals surface area contributed by atoms with Crippen molar-refractivity contribution in [3.63, 3.8) is 0 Å². The molecular formula is C20H25BrN3O2+. The summed E-state index contributed by atoms with van der Waals surface area (Å²) in [6.07, 6.45) is 0. The predicted octanol–water partition coefficient (Wildman–Crippen LogP) is 2.19. The largest absolute Gasteiger partial charge is 0.492 e. The van der Waals surface area contributed by atoms with E-state index in [0.29, 0.717) is 13.2 Å². The van der Waals surface area contributed by atoms with Crippen LogP contribution in [0.4, 0.5) is 11.4 Å². The molecule has 1 aliphatic rings. The first-order valence-electron chi connectivity index (χ1n) is 9.01. The Labute approximate surface area is 163 Å². The van der Waals surface area contributed by atoms with Gasteiger partial charge in [-0.3, -0.25) is 4.79 Å². The average molecular weight is 419 g/mol. The summed E-state index contributed by atoms with van der Waals surface area (Å²) in [5, 5.41) is 2.97. The Morgan fingerprint density at radius 3 is 2.54 bits per heavy atom. The van der Waals surface area contributed by atoms with E-state index in [0.717, 1.165) is 47.8 Å². The second-order valence-electron chi connectivity index (χ2n) is 6.37. The van der Waals surface area contributed by atoms with Gasteiger partial charge < -0.3 is 19.9 Å². The number of nitrogens with one attached hydrogen (secondary N) is 2. The number of hydrogen-bond acceptors (Lipinski definition) is 3. The number of ether oxygens (including phenoxy) is 1. The maximum atomic E-state index is 12.3. The number of piperazine rings is 1. The van der Waals surface area contributed by atoms with E-state index < -0.39 is 0 Å². The minimum absolute atomic E-state index is 0.0606. The van der Waals surface area contributed by atoms with Crippen LogP contribution in [0.5, 0.6) is 5.75 Å². The van der Waals surface area contributed by atoms with Gasteiger partial charge in [0.25, 0.3) is 5.91 Å². The molecule has 1 amide bonds. The van der Waals surface area contributed by atoms with Gasteiger partial charge in [0.15, 0.2) is 6.54 Å². The van der Waals surface area contributed by atoms with Crippen molar-refractivity contribution in [2.45, 2.75) is 6.92 Å². The lowest BCUT2D eigenvalue weighted by molar-refractivity contribution is -0.892. The van der Waals surface area contributed by atoms with E-state index in [4.69, 9.17) is 4.74 Å². The van der Waals surface area contributed by atoms with Gasteiger partial charge in [-0.2, -0.15) is 0 Å². The summed E-state index contributed by atoms with van der Waals surface area (Å²) in [6, 6.07) is 15.8. The van der Waals surface area contributed by atoms with Gasteiger partial charge in [0.1, 0.15) is 5.75 Å². The maximum Gasteiger partial charge on any atom is 0.279 e. The van der Waals surface area contributed by atoms with Crippen molar-refractivity contribution in [1.29, 1.82) is 0 Å². The zero-order valence-corrected chi connectivity index (χ0v) is 16.6. The number of amides is 1. The van der Waals surface area contributed by atoms with Crippen LogP contribution in [0, 0.1) is 0 Å². The molecule has 1 fully saturated rings. The van der Waals surface area contributed by atoms with Crippen molar-refractivity contribution in [3.8, 4) is 5.75 Å². The lowest BCUT2D eigenvalue weighted by Gasteiger charge is -2.34. The van der Waals surface area contributed by atoms with Gasteiger partial charge >= 0.3 is 0 Å². The molecule has 0 aliphatic carbocycles. The molecule has 1 heterocycles. The predicted molar refractivity (Wildman–Crippen MR) is 108 cm³/mol. The first-order valence-corrected chi connectivity index (χ1v) is 9.81. The highest BCUT2D eigenvalue weighted by atomic mass is 79.9. The molecule has 2 N–H and O–H groups in total. The van der Waals surface area contributed by atoms with E-state index in [9.17, 15) is 4.79 Å². The Hall–Kier alpha value is -2.05. The number of hydrogen-bond donors (Lipinski definition) is 2. The quantitative estimate of drug-likeness (QED) is 0.755. The molecule has 0 saturated carbocycles. The van der Waals surface area contributed by atoms with Gasteiger partial charge in [0.2, 0.25) is 0 Å². The monoisotopic (exact) mass is 418 g/mol. The fraction of sp³-hybridized carbons (Fsp3) is 0.350. The van der Waals surface area contributed by atoms with Crippen LogP contribution in [0.15, 0.2) is 53.0 Å². The van der Waals surface area contributed by atoms with E-state index in [1.54, 1.807) is 0 Å². The van der Waals surface area contributed by atoms with Crippen molar-refractivity contribution in [3.05, 3.63) is 53.0 Å². The summed E-state index contributed by atoms with van der Waals surface area (Å²) in [5.74, 6) is 0.997. The van der Waals surface area contributed by atoms with Crippen molar-refractivity contribution in [1.82, 2.24) is 0 Å². The molecule has 1 aliphatic heterocycles. The van der Waals surface area contributed by atoms with Crippen LogP contribution in [0.25, 0.3) is 0 Å². The van der Waals surface area contributed by atoms with E-state index in [2.05, 4.69) is 32.2 Å². The van der Waals surface area contributed by atoms with Crippen molar-refractivity contribution in [2.75, 3.05) is 49.5 Å². The molecule has 3 rings (SSSR count). The SMILES string of the molecule is CCOc1ccccc1N1CC[NH+](CC(=O)Nc2ccc(Br)cc2)CC1. The standard InChI is InChI=1S/C20H24BrN3O2/c1-2-26-19-6-4-3-5-18(19)24-13-11-23(12-14-24)15-20(25)22-17-9-7-16(21)8-10-17/h3-10H,2,11-15H2,1H3,(H,22,25)/p+1. The maximum absolute atomic E-state index is 12.3. The molecule has 2 aromatic rings. The van der Waals surface area contributed by atoms with Crippen molar-refractivity contribution in [2.24, 2.45) is 0 Å². The summed E-state index contributed by atoms with van der Waals surface area (Å²) in [7, 11) is 0. The van der Waals surface area contributed by atoms with E-state index in [1.165, 1.54) is 4.90 Å². The van der Waals surface area contributed by atoms with Crippen LogP contribution < -0.4 is 19.9 Å². The number of carbonyl (C=O) groups excluding carboxylic acids is 1. The fourth-order valence-electron chi connectivity index (χ4n) is 3.20. The molecule has 0 aromatic heterocycles. The van der Waals surface area contributed by atoms with Crippen LogP contribution in [0.2, 0.25) is 0 Å². The number of rotatable bonds is 6. The minimum Gasteiger partial charge on any atom is -0.492 e. The van der Waals surface area contributed by atoms with Crippen LogP contribution >= 0.6 is 15.9 Å². The lowest BCUT2D eigenvalue weighted by Crippen LogP contribution is -3.15. The highest BCUT2D eigenvalue weighted by molar-refractivity contribution is 9.10. The molecular weight excluding hydrogens is 394 g/mol. The topological polar surface area (TPSA) is 46.0 Å². The average Bonchev–Trinajstić information content (AvgIpc) is 2.65. The third-order valence-electron chi connectivity index (χ3n) is 4.51. The third-order valence-corrected chi connectivity index (χ3v) is 5.04. The summed E-state index contributed by atoms with van der Waals surface area (Å²) in [6.45, 7) is 6.89. The van der Waals surface area contributed by atoms with Gasteiger partial charge in [-0.15, -0.1) is 0 Å². The lowest BCUT2D eigenvalue weighted by atomic mass is 10.2. The number of benzene rings is 2. The second-order valence-corrected chi connectivity index (χ2v) is 7.29. The highest BCUT2D eigenvalue weighted by Gasteiger charge is 2.24. The second kappa shape index (κ2) is 9.05. The van der Waals surface area contributed by atoms with E-state index in [-0.39, 0.29) is 5.91 Å². The van der Waals surface area contributed by atoms with Crippen LogP contribution in [0.1, 0.15) is 6.92 Å². The summed E-state index contributed by atoms with van der Waals surface area (Å²) in [5.41, 5.74) is 1.98. The molecule has 5 nitrogen and oxygen atoms in total. The zero-order valence-electron chi connectivity index (χ0n) is 15.0. The smallest absolute Gasteiger partial charge is 0.279 e. The molecule has 138 valence electrons. The Kier molecular flexibility index (Phi) is 6.52. The van der Waals surface area contributed by atoms with Crippen molar-refractivity contribution < 1.29 is 14.4 Å². The molecule has 6 heteroatoms. The Morgan fingerprint density at radius 1 is 1.15 bits per heavy atom. The Bertz CT molecular complexity index is 728. The van der Waals surface area contributed by atoms with Gasteiger partial charge in [-0.1, -0.05) is 28.1 Å². The summed E-state index contributed by atoms with van der Waals surface area (Å²) >= 11 is 3.40. The fourth-order valence-corrected chi connectivity index (χ4v) is 3.47. The van der Waals surface area contributed by atoms with E-state index in [1.807, 2.05) is 49.4 Å². The molecule has 0 unspecified atom stereocenters. The number of para-hydroxylation sites is 2. The molecule has 0 atom stereocenters. The van der Waals surface area contributed by atoms with E-state index >= 15 is 0 Å². The molecule has 26 heavy (non-hydrogen) atoms. The molecule has 0 bridgehead atoms. The number of halogens is 1. The Balaban J connectivity index is 1.51. The summed E-state index contributed by atoms with van der Waals surface area (Å²) in [4.78, 5) is 15.9. The van der Waals surface area contributed by atoms with Gasteiger partial charge in [0.05, 0.1) is 38.5 Å². The molecule has 0 radical (unpaired) electrons. The molecule has 2 aromatic carbocycles. The molecule has 0 spiro atoms. The van der Waals surface area contributed by atoms with Gasteiger partial charge in [-0.05, 0) is 43.3 Å². The number of carbonyl (C=O) groups is 1. The first-order chi connectivity index (χ1) is 12.7. The number of anilines is 2. The Morgan fingerprint density at radius 2 is 1.85 bits per heavy atom. The number of nitrogens with zero attached hydrogens (tertiary/aromatic N) is 1. The zero-order chi connectivity index (χ0) is 18.4. The number of quaternary nitrogens is 1. The first kappa shape index (κ1) is 18.7. The van der Waals surface area contributed by atoms with Crippen LogP contribution in [-0.2, 0) is 4.79 Å². The van der Waals surface area contributed by atoms with Crippen LogP contribution in [0.3, 0.4) is 0 Å².